The van der Waals surface area contributed by atoms with E-state index in [4.69, 9.17) is 4.52 Å². The standard InChI is InChI=1S/C15H12F4N4O3/c1-14(2)12(24)23(13(25)21-14)6-10-20-11(22-26-10)7-3-4-9(16)8(5-7)15(17,18)19/h3-5H,6H2,1-2H3,(H,21,25). The molecule has 0 radical (unpaired) electrons. The van der Waals surface area contributed by atoms with Gasteiger partial charge in [0, 0.05) is 5.56 Å². The van der Waals surface area contributed by atoms with Gasteiger partial charge in [-0.25, -0.2) is 9.18 Å². The summed E-state index contributed by atoms with van der Waals surface area (Å²) in [4.78, 5) is 28.6. The third kappa shape index (κ3) is 3.11. The number of carbonyl (C=O) groups is 2. The molecule has 7 nitrogen and oxygen atoms in total. The van der Waals surface area contributed by atoms with Crippen LogP contribution in [0.4, 0.5) is 22.4 Å². The molecule has 1 saturated heterocycles. The third-order valence-electron chi connectivity index (χ3n) is 3.74. The van der Waals surface area contributed by atoms with Crippen LogP contribution in [0.3, 0.4) is 0 Å². The van der Waals surface area contributed by atoms with Gasteiger partial charge in [0.1, 0.15) is 17.9 Å². The first-order valence-electron chi connectivity index (χ1n) is 7.33. The number of hydrogen-bond acceptors (Lipinski definition) is 5. The van der Waals surface area contributed by atoms with Gasteiger partial charge in [-0.2, -0.15) is 18.2 Å². The molecule has 1 aliphatic heterocycles. The molecule has 1 aromatic carbocycles. The lowest BCUT2D eigenvalue weighted by Gasteiger charge is -2.14. The highest BCUT2D eigenvalue weighted by Gasteiger charge is 2.44. The smallest absolute Gasteiger partial charge is 0.337 e. The number of amides is 3. The number of rotatable bonds is 3. The lowest BCUT2D eigenvalue weighted by molar-refractivity contribution is -0.140. The number of aromatic nitrogens is 2. The van der Waals surface area contributed by atoms with Gasteiger partial charge < -0.3 is 9.84 Å². The second kappa shape index (κ2) is 5.78. The summed E-state index contributed by atoms with van der Waals surface area (Å²) in [6.07, 6.45) is -4.88. The summed E-state index contributed by atoms with van der Waals surface area (Å²) in [7, 11) is 0. The van der Waals surface area contributed by atoms with Crippen LogP contribution < -0.4 is 5.32 Å². The molecule has 0 bridgehead atoms. The third-order valence-corrected chi connectivity index (χ3v) is 3.74. The van der Waals surface area contributed by atoms with Crippen molar-refractivity contribution >= 4 is 11.9 Å². The number of halogens is 4. The minimum absolute atomic E-state index is 0.119. The fourth-order valence-corrected chi connectivity index (χ4v) is 2.41. The number of carbonyl (C=O) groups excluding carboxylic acids is 2. The molecule has 0 aliphatic carbocycles. The number of benzene rings is 1. The van der Waals surface area contributed by atoms with Crippen LogP contribution in [0.5, 0.6) is 0 Å². The van der Waals surface area contributed by atoms with E-state index in [2.05, 4.69) is 15.5 Å². The molecule has 2 heterocycles. The predicted molar refractivity (Wildman–Crippen MR) is 77.9 cm³/mol. The molecule has 0 atom stereocenters. The zero-order valence-electron chi connectivity index (χ0n) is 13.5. The van der Waals surface area contributed by atoms with Crippen LogP contribution in [-0.4, -0.2) is 32.5 Å². The van der Waals surface area contributed by atoms with Crippen molar-refractivity contribution in [3.63, 3.8) is 0 Å². The summed E-state index contributed by atoms with van der Waals surface area (Å²) in [6.45, 7) is 2.70. The molecule has 26 heavy (non-hydrogen) atoms. The molecule has 2 aromatic rings. The van der Waals surface area contributed by atoms with Crippen molar-refractivity contribution in [2.45, 2.75) is 32.1 Å². The van der Waals surface area contributed by atoms with Crippen LogP contribution in [-0.2, 0) is 17.5 Å². The molecule has 3 rings (SSSR count). The van der Waals surface area contributed by atoms with Crippen molar-refractivity contribution in [3.8, 4) is 11.4 Å². The molecule has 11 heteroatoms. The highest BCUT2D eigenvalue weighted by molar-refractivity contribution is 6.06. The Morgan fingerprint density at radius 3 is 2.54 bits per heavy atom. The lowest BCUT2D eigenvalue weighted by atomic mass is 10.1. The van der Waals surface area contributed by atoms with E-state index in [0.717, 1.165) is 11.0 Å². The number of urea groups is 1. The van der Waals surface area contributed by atoms with Gasteiger partial charge in [-0.3, -0.25) is 9.69 Å². The summed E-state index contributed by atoms with van der Waals surface area (Å²) in [5.41, 5.74) is -2.66. The molecule has 3 amide bonds. The molecule has 1 aliphatic rings. The maximum Gasteiger partial charge on any atom is 0.419 e. The predicted octanol–water partition coefficient (Wildman–Crippen LogP) is 2.72. The van der Waals surface area contributed by atoms with E-state index in [0.29, 0.717) is 12.1 Å². The first-order valence-corrected chi connectivity index (χ1v) is 7.33. The fourth-order valence-electron chi connectivity index (χ4n) is 2.41. The first kappa shape index (κ1) is 17.8. The summed E-state index contributed by atoms with van der Waals surface area (Å²) in [5, 5.41) is 5.99. The van der Waals surface area contributed by atoms with E-state index >= 15 is 0 Å². The van der Waals surface area contributed by atoms with Crippen LogP contribution in [0.2, 0.25) is 0 Å². The number of alkyl halides is 3. The molecule has 1 aromatic heterocycles. The van der Waals surface area contributed by atoms with E-state index < -0.39 is 35.0 Å². The Labute approximate surface area is 144 Å². The first-order chi connectivity index (χ1) is 12.0. The molecular weight excluding hydrogens is 360 g/mol. The van der Waals surface area contributed by atoms with Crippen molar-refractivity contribution in [3.05, 3.63) is 35.5 Å². The topological polar surface area (TPSA) is 88.3 Å². The molecule has 0 spiro atoms. The number of hydrogen-bond donors (Lipinski definition) is 1. The summed E-state index contributed by atoms with van der Waals surface area (Å²) >= 11 is 0. The minimum atomic E-state index is -4.88. The number of nitrogens with one attached hydrogen (secondary N) is 1. The van der Waals surface area contributed by atoms with Gasteiger partial charge in [0.05, 0.1) is 5.56 Å². The van der Waals surface area contributed by atoms with Crippen molar-refractivity contribution in [1.29, 1.82) is 0 Å². The van der Waals surface area contributed by atoms with Gasteiger partial charge in [0.2, 0.25) is 11.7 Å². The average molecular weight is 372 g/mol. The Morgan fingerprint density at radius 1 is 1.27 bits per heavy atom. The van der Waals surface area contributed by atoms with Crippen LogP contribution in [0.15, 0.2) is 22.7 Å². The van der Waals surface area contributed by atoms with Gasteiger partial charge in [-0.1, -0.05) is 5.16 Å². The fraction of sp³-hybridized carbons (Fsp3) is 0.333. The van der Waals surface area contributed by atoms with Gasteiger partial charge in [-0.15, -0.1) is 0 Å². The molecular formula is C15H12F4N4O3. The Morgan fingerprint density at radius 2 is 1.96 bits per heavy atom. The van der Waals surface area contributed by atoms with Crippen LogP contribution in [0.1, 0.15) is 25.3 Å². The second-order valence-corrected chi connectivity index (χ2v) is 6.15. The van der Waals surface area contributed by atoms with E-state index in [1.807, 2.05) is 0 Å². The van der Waals surface area contributed by atoms with E-state index in [1.54, 1.807) is 0 Å². The monoisotopic (exact) mass is 372 g/mol. The summed E-state index contributed by atoms with van der Waals surface area (Å²) in [5.74, 6) is -2.31. The minimum Gasteiger partial charge on any atom is -0.337 e. The van der Waals surface area contributed by atoms with E-state index in [9.17, 15) is 27.2 Å². The average Bonchev–Trinajstić information content (AvgIpc) is 3.05. The Hall–Kier alpha value is -2.98. The molecule has 0 saturated carbocycles. The van der Waals surface area contributed by atoms with Crippen molar-refractivity contribution in [1.82, 2.24) is 20.4 Å². The zero-order chi connectivity index (χ0) is 19.3. The Bertz CT molecular complexity index is 891. The molecule has 138 valence electrons. The SMILES string of the molecule is CC1(C)NC(=O)N(Cc2nc(-c3ccc(F)c(C(F)(F)F)c3)no2)C1=O. The van der Waals surface area contributed by atoms with Gasteiger partial charge in [-0.05, 0) is 32.0 Å². The van der Waals surface area contributed by atoms with Gasteiger partial charge in [0.25, 0.3) is 5.91 Å². The Balaban J connectivity index is 1.85. The largest absolute Gasteiger partial charge is 0.419 e. The van der Waals surface area contributed by atoms with Crippen LogP contribution in [0, 0.1) is 5.82 Å². The molecule has 0 unspecified atom stereocenters. The van der Waals surface area contributed by atoms with Crippen LogP contribution in [0.25, 0.3) is 11.4 Å². The highest BCUT2D eigenvalue weighted by Crippen LogP contribution is 2.33. The highest BCUT2D eigenvalue weighted by atomic mass is 19.4. The summed E-state index contributed by atoms with van der Waals surface area (Å²) < 4.78 is 56.6. The second-order valence-electron chi connectivity index (χ2n) is 6.15. The van der Waals surface area contributed by atoms with Gasteiger partial charge in [0.15, 0.2) is 0 Å². The normalized spacial score (nSPS) is 16.9. The Kier molecular flexibility index (Phi) is 3.97. The maximum atomic E-state index is 13.3. The summed E-state index contributed by atoms with van der Waals surface area (Å²) in [6, 6.07) is 1.62. The van der Waals surface area contributed by atoms with Crippen LogP contribution >= 0.6 is 0 Å². The van der Waals surface area contributed by atoms with Crippen molar-refractivity contribution in [2.24, 2.45) is 0 Å². The van der Waals surface area contributed by atoms with Crippen molar-refractivity contribution in [2.75, 3.05) is 0 Å². The van der Waals surface area contributed by atoms with Crippen molar-refractivity contribution < 1.29 is 31.7 Å². The van der Waals surface area contributed by atoms with E-state index in [-0.39, 0.29) is 23.8 Å². The lowest BCUT2D eigenvalue weighted by Crippen LogP contribution is -2.40. The molecule has 1 N–H and O–H groups in total. The number of imide groups is 1. The maximum absolute atomic E-state index is 13.3. The molecule has 1 fully saturated rings. The number of nitrogens with zero attached hydrogens (tertiary/aromatic N) is 3. The quantitative estimate of drug-likeness (QED) is 0.661. The van der Waals surface area contributed by atoms with Gasteiger partial charge >= 0.3 is 12.2 Å². The zero-order valence-corrected chi connectivity index (χ0v) is 13.5. The van der Waals surface area contributed by atoms with E-state index in [1.165, 1.54) is 13.8 Å².